The fraction of sp³-hybridized carbons (Fsp3) is 0.176. The lowest BCUT2D eigenvalue weighted by atomic mass is 10.1. The molecule has 1 atom stereocenters. The molecule has 3 heterocycles. The maximum Gasteiger partial charge on any atom is 0.257 e. The van der Waals surface area contributed by atoms with Crippen molar-refractivity contribution in [2.75, 3.05) is 5.84 Å². The summed E-state index contributed by atoms with van der Waals surface area (Å²) in [6.07, 6.45) is 0. The lowest BCUT2D eigenvalue weighted by molar-refractivity contribution is 0.510. The summed E-state index contributed by atoms with van der Waals surface area (Å²) in [4.78, 5) is 0.949. The Morgan fingerprint density at radius 3 is 2.65 bits per heavy atom. The molecule has 1 unspecified atom stereocenters. The minimum absolute atomic E-state index is 0.103. The SMILES string of the molecule is Cc1ccc(-c2nnc(SC(C)c3nnc(-c4cccs4)o3)n2N)cc1. The second kappa shape index (κ2) is 6.93. The molecule has 0 aliphatic carbocycles. The Balaban J connectivity index is 1.53. The summed E-state index contributed by atoms with van der Waals surface area (Å²) in [6, 6.07) is 11.9. The highest BCUT2D eigenvalue weighted by Gasteiger charge is 2.21. The van der Waals surface area contributed by atoms with E-state index >= 15 is 0 Å². The van der Waals surface area contributed by atoms with E-state index in [4.69, 9.17) is 10.3 Å². The summed E-state index contributed by atoms with van der Waals surface area (Å²) >= 11 is 2.98. The number of thioether (sulfide) groups is 1. The van der Waals surface area contributed by atoms with Crippen LogP contribution in [0.2, 0.25) is 0 Å². The number of thiophene rings is 1. The first-order chi connectivity index (χ1) is 12.6. The second-order valence-electron chi connectivity index (χ2n) is 5.73. The Kier molecular flexibility index (Phi) is 4.48. The molecule has 0 aliphatic rings. The number of aryl methyl sites for hydroxylation is 1. The molecule has 0 fully saturated rings. The van der Waals surface area contributed by atoms with Gasteiger partial charge in [-0.1, -0.05) is 47.7 Å². The Hall–Kier alpha value is -2.65. The molecule has 7 nitrogen and oxygen atoms in total. The van der Waals surface area contributed by atoms with Crippen molar-refractivity contribution in [3.8, 4) is 22.2 Å². The van der Waals surface area contributed by atoms with Gasteiger partial charge in [0.15, 0.2) is 5.82 Å². The Bertz CT molecular complexity index is 1010. The molecule has 0 amide bonds. The van der Waals surface area contributed by atoms with Crippen LogP contribution in [0.4, 0.5) is 0 Å². The van der Waals surface area contributed by atoms with E-state index in [1.54, 1.807) is 11.3 Å². The molecule has 26 heavy (non-hydrogen) atoms. The van der Waals surface area contributed by atoms with E-state index < -0.39 is 0 Å². The monoisotopic (exact) mass is 384 g/mol. The minimum atomic E-state index is -0.103. The normalized spacial score (nSPS) is 12.4. The number of hydrogen-bond acceptors (Lipinski definition) is 8. The van der Waals surface area contributed by atoms with Crippen molar-refractivity contribution in [3.63, 3.8) is 0 Å². The average molecular weight is 384 g/mol. The first kappa shape index (κ1) is 16.8. The molecule has 0 aliphatic heterocycles. The van der Waals surface area contributed by atoms with E-state index in [0.717, 1.165) is 10.4 Å². The van der Waals surface area contributed by atoms with Crippen molar-refractivity contribution < 1.29 is 4.42 Å². The van der Waals surface area contributed by atoms with Crippen molar-refractivity contribution in [2.24, 2.45) is 0 Å². The molecule has 132 valence electrons. The van der Waals surface area contributed by atoms with E-state index in [0.29, 0.717) is 22.8 Å². The van der Waals surface area contributed by atoms with Gasteiger partial charge in [0, 0.05) is 5.56 Å². The fourth-order valence-electron chi connectivity index (χ4n) is 2.36. The fourth-order valence-corrected chi connectivity index (χ4v) is 3.81. The van der Waals surface area contributed by atoms with Crippen LogP contribution in [0.15, 0.2) is 51.4 Å². The summed E-state index contributed by atoms with van der Waals surface area (Å²) in [5, 5.41) is 19.1. The largest absolute Gasteiger partial charge is 0.419 e. The number of nitrogen functional groups attached to an aromatic ring is 1. The van der Waals surface area contributed by atoms with Gasteiger partial charge in [-0.05, 0) is 25.3 Å². The first-order valence-electron chi connectivity index (χ1n) is 7.93. The summed E-state index contributed by atoms with van der Waals surface area (Å²) in [5.41, 5.74) is 2.10. The topological polar surface area (TPSA) is 95.6 Å². The maximum absolute atomic E-state index is 6.19. The standard InChI is InChI=1S/C17H16N6OS2/c1-10-5-7-12(8-6-10)14-19-22-17(23(14)18)26-11(2)15-20-21-16(24-15)13-4-3-9-25-13/h3-9,11H,18H2,1-2H3. The molecule has 2 N–H and O–H groups in total. The number of nitrogens with zero attached hydrogens (tertiary/aromatic N) is 5. The molecule has 4 aromatic rings. The van der Waals surface area contributed by atoms with Gasteiger partial charge in [0.1, 0.15) is 0 Å². The third-order valence-corrected chi connectivity index (χ3v) is 5.68. The molecule has 0 radical (unpaired) electrons. The lowest BCUT2D eigenvalue weighted by Gasteiger charge is -2.07. The molecule has 0 spiro atoms. The molecule has 1 aromatic carbocycles. The zero-order valence-corrected chi connectivity index (χ0v) is 15.8. The highest BCUT2D eigenvalue weighted by atomic mass is 32.2. The average Bonchev–Trinajstić information content (AvgIpc) is 3.37. The minimum Gasteiger partial charge on any atom is -0.419 e. The predicted octanol–water partition coefficient (Wildman–Crippen LogP) is 3.93. The van der Waals surface area contributed by atoms with Crippen molar-refractivity contribution in [2.45, 2.75) is 24.3 Å². The van der Waals surface area contributed by atoms with Gasteiger partial charge in [-0.2, -0.15) is 0 Å². The van der Waals surface area contributed by atoms with Gasteiger partial charge in [0.05, 0.1) is 10.1 Å². The number of benzene rings is 1. The van der Waals surface area contributed by atoms with Gasteiger partial charge in [-0.25, -0.2) is 4.68 Å². The Labute approximate surface area is 158 Å². The number of nitrogens with two attached hydrogens (primary N) is 1. The van der Waals surface area contributed by atoms with E-state index in [2.05, 4.69) is 20.4 Å². The molecular weight excluding hydrogens is 368 g/mol. The molecule has 0 bridgehead atoms. The van der Waals surface area contributed by atoms with Gasteiger partial charge in [-0.3, -0.25) is 0 Å². The van der Waals surface area contributed by atoms with Crippen molar-refractivity contribution in [1.29, 1.82) is 0 Å². The van der Waals surface area contributed by atoms with E-state index in [1.807, 2.05) is 55.6 Å². The van der Waals surface area contributed by atoms with Crippen LogP contribution in [-0.2, 0) is 0 Å². The van der Waals surface area contributed by atoms with Crippen LogP contribution in [0.25, 0.3) is 22.2 Å². The van der Waals surface area contributed by atoms with Crippen LogP contribution in [0.5, 0.6) is 0 Å². The number of aromatic nitrogens is 5. The van der Waals surface area contributed by atoms with Crippen molar-refractivity contribution in [1.82, 2.24) is 25.1 Å². The highest BCUT2D eigenvalue weighted by Crippen LogP contribution is 2.35. The Morgan fingerprint density at radius 1 is 1.12 bits per heavy atom. The second-order valence-corrected chi connectivity index (χ2v) is 7.98. The van der Waals surface area contributed by atoms with Crippen molar-refractivity contribution in [3.05, 3.63) is 53.2 Å². The molecule has 3 aromatic heterocycles. The molecule has 0 saturated carbocycles. The summed E-state index contributed by atoms with van der Waals surface area (Å²) in [5.74, 6) is 7.85. The predicted molar refractivity (Wildman–Crippen MR) is 102 cm³/mol. The lowest BCUT2D eigenvalue weighted by Crippen LogP contribution is -2.12. The van der Waals surface area contributed by atoms with Crippen LogP contribution >= 0.6 is 23.1 Å². The summed E-state index contributed by atoms with van der Waals surface area (Å²) in [7, 11) is 0. The quantitative estimate of drug-likeness (QED) is 0.411. The summed E-state index contributed by atoms with van der Waals surface area (Å²) in [6.45, 7) is 4.01. The van der Waals surface area contributed by atoms with E-state index in [1.165, 1.54) is 22.0 Å². The Morgan fingerprint density at radius 2 is 1.92 bits per heavy atom. The van der Waals surface area contributed by atoms with Gasteiger partial charge >= 0.3 is 0 Å². The maximum atomic E-state index is 6.19. The smallest absolute Gasteiger partial charge is 0.257 e. The molecular formula is C17H16N6OS2. The summed E-state index contributed by atoms with van der Waals surface area (Å²) < 4.78 is 7.26. The van der Waals surface area contributed by atoms with Gasteiger partial charge in [0.25, 0.3) is 5.89 Å². The number of hydrogen-bond donors (Lipinski definition) is 1. The zero-order chi connectivity index (χ0) is 18.1. The van der Waals surface area contributed by atoms with E-state index in [9.17, 15) is 0 Å². The first-order valence-corrected chi connectivity index (χ1v) is 9.69. The van der Waals surface area contributed by atoms with Crippen LogP contribution < -0.4 is 5.84 Å². The van der Waals surface area contributed by atoms with Crippen LogP contribution in [-0.4, -0.2) is 25.1 Å². The molecule has 0 saturated heterocycles. The van der Waals surface area contributed by atoms with Crippen molar-refractivity contribution >= 4 is 23.1 Å². The number of rotatable bonds is 5. The van der Waals surface area contributed by atoms with Gasteiger partial charge in [-0.15, -0.1) is 31.7 Å². The van der Waals surface area contributed by atoms with Crippen LogP contribution in [0, 0.1) is 6.92 Å². The van der Waals surface area contributed by atoms with Crippen LogP contribution in [0.1, 0.15) is 23.6 Å². The third kappa shape index (κ3) is 3.23. The van der Waals surface area contributed by atoms with Gasteiger partial charge in [0.2, 0.25) is 11.0 Å². The molecule has 4 rings (SSSR count). The van der Waals surface area contributed by atoms with Gasteiger partial charge < -0.3 is 10.3 Å². The van der Waals surface area contributed by atoms with Crippen LogP contribution in [0.3, 0.4) is 0 Å². The molecule has 9 heteroatoms. The zero-order valence-electron chi connectivity index (χ0n) is 14.2. The van der Waals surface area contributed by atoms with E-state index in [-0.39, 0.29) is 5.25 Å². The highest BCUT2D eigenvalue weighted by molar-refractivity contribution is 7.99. The third-order valence-electron chi connectivity index (χ3n) is 3.78.